The second-order valence-corrected chi connectivity index (χ2v) is 10.6. The zero-order valence-electron chi connectivity index (χ0n) is 22.1. The topological polar surface area (TPSA) is 52.9 Å². The molecule has 2 heterocycles. The van der Waals surface area contributed by atoms with Gasteiger partial charge in [0.1, 0.15) is 5.75 Å². The number of aromatic nitrogens is 1. The van der Waals surface area contributed by atoms with Crippen molar-refractivity contribution in [1.29, 1.82) is 0 Å². The lowest BCUT2D eigenvalue weighted by Crippen LogP contribution is -2.37. The fourth-order valence-corrected chi connectivity index (χ4v) is 5.14. The van der Waals surface area contributed by atoms with E-state index in [0.717, 1.165) is 73.6 Å². The Labute approximate surface area is 229 Å². The second kappa shape index (κ2) is 12.6. The van der Waals surface area contributed by atoms with E-state index in [9.17, 15) is 4.79 Å². The van der Waals surface area contributed by atoms with Gasteiger partial charge in [-0.2, -0.15) is 0 Å². The van der Waals surface area contributed by atoms with Crippen LogP contribution in [0.25, 0.3) is 10.9 Å². The quantitative estimate of drug-likeness (QED) is 0.294. The molecule has 8 heteroatoms. The lowest BCUT2D eigenvalue weighted by Gasteiger charge is -2.26. The summed E-state index contributed by atoms with van der Waals surface area (Å²) < 4.78 is 19.2. The lowest BCUT2D eigenvalue weighted by atomic mass is 10.1. The molecule has 1 unspecified atom stereocenters. The zero-order valence-corrected chi connectivity index (χ0v) is 23.6. The molecule has 200 valence electrons. The average Bonchev–Trinajstić information content (AvgIpc) is 3.14. The van der Waals surface area contributed by atoms with Crippen molar-refractivity contribution in [3.8, 4) is 5.75 Å². The van der Waals surface area contributed by atoms with Crippen LogP contribution in [-0.4, -0.2) is 67.0 Å². The van der Waals surface area contributed by atoms with Crippen LogP contribution in [0.15, 0.2) is 36.4 Å². The summed E-state index contributed by atoms with van der Waals surface area (Å²) in [5, 5.41) is 1.64. The van der Waals surface area contributed by atoms with Crippen molar-refractivity contribution in [2.24, 2.45) is 0 Å². The lowest BCUT2D eigenvalue weighted by molar-refractivity contribution is 0.0384. The predicted molar refractivity (Wildman–Crippen MR) is 150 cm³/mol. The molecule has 2 aromatic carbocycles. The third-order valence-electron chi connectivity index (χ3n) is 6.79. The number of morpholine rings is 1. The molecular weight excluding hydrogens is 511 g/mol. The van der Waals surface area contributed by atoms with Crippen LogP contribution < -0.4 is 4.74 Å². The van der Waals surface area contributed by atoms with E-state index in [4.69, 9.17) is 37.4 Å². The van der Waals surface area contributed by atoms with Crippen molar-refractivity contribution in [2.45, 2.75) is 52.7 Å². The summed E-state index contributed by atoms with van der Waals surface area (Å²) in [6, 6.07) is 11.1. The maximum Gasteiger partial charge on any atom is 0.264 e. The summed E-state index contributed by atoms with van der Waals surface area (Å²) in [4.78, 5) is 16.2. The molecule has 3 aromatic rings. The molecule has 1 aliphatic heterocycles. The monoisotopic (exact) mass is 546 g/mol. The summed E-state index contributed by atoms with van der Waals surface area (Å²) >= 11 is 12.7. The summed E-state index contributed by atoms with van der Waals surface area (Å²) in [7, 11) is 0. The third-order valence-corrected chi connectivity index (χ3v) is 7.60. The van der Waals surface area contributed by atoms with Crippen molar-refractivity contribution in [3.05, 3.63) is 63.3 Å². The van der Waals surface area contributed by atoms with E-state index < -0.39 is 0 Å². The van der Waals surface area contributed by atoms with Gasteiger partial charge in [-0.15, -0.1) is 0 Å². The number of nitrogens with zero attached hydrogens (tertiary/aromatic N) is 2. The average molecular weight is 548 g/mol. The minimum absolute atomic E-state index is 0.00285. The van der Waals surface area contributed by atoms with Gasteiger partial charge in [0.15, 0.2) is 0 Å². The first-order valence-corrected chi connectivity index (χ1v) is 13.7. The summed E-state index contributed by atoms with van der Waals surface area (Å²) in [5.74, 6) is 0.586. The number of halogens is 2. The molecular formula is C29H36Cl2N2O4. The number of hydrogen-bond acceptors (Lipinski definition) is 5. The zero-order chi connectivity index (χ0) is 26.5. The normalized spacial score (nSPS) is 15.4. The van der Waals surface area contributed by atoms with E-state index in [1.54, 1.807) is 22.8 Å². The number of hydrogen-bond donors (Lipinski definition) is 0. The van der Waals surface area contributed by atoms with Crippen molar-refractivity contribution < 1.29 is 19.0 Å². The fourth-order valence-electron chi connectivity index (χ4n) is 4.76. The van der Waals surface area contributed by atoms with Crippen LogP contribution in [0.4, 0.5) is 0 Å². The Bertz CT molecular complexity index is 1230. The number of rotatable bonds is 10. The Kier molecular flexibility index (Phi) is 9.54. The van der Waals surface area contributed by atoms with Crippen molar-refractivity contribution in [2.75, 3.05) is 39.5 Å². The molecule has 4 rings (SSSR count). The van der Waals surface area contributed by atoms with E-state index in [1.165, 1.54) is 0 Å². The van der Waals surface area contributed by atoms with Gasteiger partial charge in [0.25, 0.3) is 5.91 Å². The molecule has 1 fully saturated rings. The first kappa shape index (κ1) is 27.9. The van der Waals surface area contributed by atoms with Crippen molar-refractivity contribution >= 4 is 40.0 Å². The Morgan fingerprint density at radius 2 is 1.86 bits per heavy atom. The van der Waals surface area contributed by atoms with Crippen LogP contribution in [0.5, 0.6) is 5.75 Å². The van der Waals surface area contributed by atoms with Gasteiger partial charge in [0, 0.05) is 37.1 Å². The molecule has 6 nitrogen and oxygen atoms in total. The Morgan fingerprint density at radius 3 is 2.59 bits per heavy atom. The molecule has 1 aliphatic rings. The molecule has 0 amide bonds. The number of carbonyl (C=O) groups excluding carboxylic acids is 1. The highest BCUT2D eigenvalue weighted by Crippen LogP contribution is 2.33. The van der Waals surface area contributed by atoms with E-state index in [2.05, 4.69) is 11.0 Å². The van der Waals surface area contributed by atoms with Crippen LogP contribution in [0.3, 0.4) is 0 Å². The van der Waals surface area contributed by atoms with Gasteiger partial charge in [-0.05, 0) is 70.0 Å². The van der Waals surface area contributed by atoms with Crippen LogP contribution in [-0.2, 0) is 15.9 Å². The minimum atomic E-state index is -0.194. The first-order valence-electron chi connectivity index (χ1n) is 13.0. The highest BCUT2D eigenvalue weighted by atomic mass is 35.5. The van der Waals surface area contributed by atoms with Gasteiger partial charge in [0.05, 0.1) is 53.2 Å². The molecule has 37 heavy (non-hydrogen) atoms. The summed E-state index contributed by atoms with van der Waals surface area (Å²) in [6.45, 7) is 13.0. The van der Waals surface area contributed by atoms with Crippen LogP contribution in [0.1, 0.15) is 48.8 Å². The predicted octanol–water partition coefficient (Wildman–Crippen LogP) is 6.40. The Morgan fingerprint density at radius 1 is 1.11 bits per heavy atom. The summed E-state index contributed by atoms with van der Waals surface area (Å²) in [5.41, 5.74) is 3.25. The van der Waals surface area contributed by atoms with E-state index in [0.29, 0.717) is 17.2 Å². The van der Waals surface area contributed by atoms with Gasteiger partial charge in [-0.3, -0.25) is 14.3 Å². The summed E-state index contributed by atoms with van der Waals surface area (Å²) in [6.07, 6.45) is 1.81. The molecule has 0 radical (unpaired) electrons. The van der Waals surface area contributed by atoms with E-state index in [1.807, 2.05) is 39.8 Å². The standard InChI is InChI=1S/C29H36Cl2N2O4/c1-19(2)36-15-11-20(3)37-22-8-9-27-25(18-22)23(10-12-32-13-16-35-17-14-32)21(4)33(27)29(34)24-6-5-7-26(30)28(24)31/h5-9,18-20H,10-17H2,1-4H3. The second-order valence-electron chi connectivity index (χ2n) is 9.83. The van der Waals surface area contributed by atoms with Crippen LogP contribution in [0, 0.1) is 6.92 Å². The molecule has 1 aromatic heterocycles. The maximum absolute atomic E-state index is 13.8. The Balaban J connectivity index is 1.67. The van der Waals surface area contributed by atoms with E-state index in [-0.39, 0.29) is 23.1 Å². The van der Waals surface area contributed by atoms with Crippen LogP contribution >= 0.6 is 23.2 Å². The smallest absolute Gasteiger partial charge is 0.264 e. The molecule has 0 spiro atoms. The first-order chi connectivity index (χ1) is 17.8. The SMILES string of the molecule is Cc1c(CCN2CCOCC2)c2cc(OC(C)CCOC(C)C)ccc2n1C(=O)c1cccc(Cl)c1Cl. The minimum Gasteiger partial charge on any atom is -0.491 e. The highest BCUT2D eigenvalue weighted by molar-refractivity contribution is 6.44. The third kappa shape index (κ3) is 6.68. The van der Waals surface area contributed by atoms with Gasteiger partial charge in [-0.1, -0.05) is 29.3 Å². The molecule has 0 bridgehead atoms. The highest BCUT2D eigenvalue weighted by Gasteiger charge is 2.23. The molecule has 1 atom stereocenters. The largest absolute Gasteiger partial charge is 0.491 e. The molecule has 0 aliphatic carbocycles. The van der Waals surface area contributed by atoms with Gasteiger partial charge >= 0.3 is 0 Å². The van der Waals surface area contributed by atoms with Gasteiger partial charge < -0.3 is 14.2 Å². The molecule has 0 saturated carbocycles. The maximum atomic E-state index is 13.8. The fraction of sp³-hybridized carbons (Fsp3) is 0.483. The number of carbonyl (C=O) groups is 1. The van der Waals surface area contributed by atoms with Crippen molar-refractivity contribution in [1.82, 2.24) is 9.47 Å². The van der Waals surface area contributed by atoms with E-state index >= 15 is 0 Å². The Hall–Kier alpha value is -2.09. The number of ether oxygens (including phenoxy) is 3. The molecule has 1 saturated heterocycles. The van der Waals surface area contributed by atoms with Crippen LogP contribution in [0.2, 0.25) is 10.0 Å². The van der Waals surface area contributed by atoms with Crippen molar-refractivity contribution in [3.63, 3.8) is 0 Å². The number of benzene rings is 2. The van der Waals surface area contributed by atoms with Gasteiger partial charge in [0.2, 0.25) is 0 Å². The molecule has 0 N–H and O–H groups in total. The van der Waals surface area contributed by atoms with Gasteiger partial charge in [-0.25, -0.2) is 0 Å². The number of fused-ring (bicyclic) bond motifs is 1.